The summed E-state index contributed by atoms with van der Waals surface area (Å²) < 4.78 is 8.88. The summed E-state index contributed by atoms with van der Waals surface area (Å²) in [7, 11) is -4.64. The van der Waals surface area contributed by atoms with Gasteiger partial charge in [-0.2, -0.15) is 0 Å². The van der Waals surface area contributed by atoms with Crippen LogP contribution in [0.4, 0.5) is 0 Å². The first-order chi connectivity index (χ1) is 3.73. The summed E-state index contributed by atoms with van der Waals surface area (Å²) in [5, 5.41) is 0.000000000000000222. The van der Waals surface area contributed by atoms with Crippen LogP contribution in [0.5, 0.6) is 0 Å². The van der Waals surface area contributed by atoms with E-state index in [2.05, 4.69) is 23.7 Å². The molecule has 84 valence electrons. The maximum absolute atomic E-state index is 8.88. The van der Waals surface area contributed by atoms with Crippen molar-refractivity contribution < 1.29 is 27.6 Å². The Morgan fingerprint density at radius 2 is 1.23 bits per heavy atom. The van der Waals surface area contributed by atoms with E-state index in [-0.39, 0.29) is 63.5 Å². The van der Waals surface area contributed by atoms with E-state index in [9.17, 15) is 0 Å². The summed E-state index contributed by atoms with van der Waals surface area (Å²) in [6.45, 7) is 0. The fraction of sp³-hybridized carbons (Fsp3) is 0. The van der Waals surface area contributed by atoms with E-state index in [4.69, 9.17) is 19.2 Å². The summed E-state index contributed by atoms with van der Waals surface area (Å²) in [6, 6.07) is 0. The Morgan fingerprint density at radius 1 is 1.23 bits per heavy atom. The Balaban J connectivity index is -0.00000000785. The maximum Gasteiger partial charge on any atom is 2.00 e. The summed E-state index contributed by atoms with van der Waals surface area (Å²) in [5.41, 5.74) is 9.24. The van der Waals surface area contributed by atoms with E-state index in [1.54, 1.807) is 0 Å². The minimum absolute atomic E-state index is 0. The molecule has 0 radical (unpaired) electrons. The Hall–Kier alpha value is 0.940. The fourth-order valence-corrected chi connectivity index (χ4v) is 0. The average Bonchev–Trinajstić information content (AvgIpc) is 1.19. The normalized spacial score (nSPS) is 6.38. The van der Waals surface area contributed by atoms with Crippen LogP contribution in [0.3, 0.4) is 0 Å². The Morgan fingerprint density at radius 3 is 1.23 bits per heavy atom. The number of thiocarbonyl (C=S) groups is 1. The van der Waals surface area contributed by atoms with Crippen LogP contribution in [-0.2, 0) is 4.57 Å². The molecule has 13 heavy (non-hydrogen) atoms. The van der Waals surface area contributed by atoms with Crippen LogP contribution in [0.15, 0.2) is 0 Å². The van der Waals surface area contributed by atoms with Crippen molar-refractivity contribution in [3.63, 3.8) is 0 Å². The van der Waals surface area contributed by atoms with Crippen molar-refractivity contribution >= 4 is 62.9 Å². The summed E-state index contributed by atoms with van der Waals surface area (Å²) in [6.07, 6.45) is 0. The monoisotopic (exact) mass is 268 g/mol. The quantitative estimate of drug-likeness (QED) is 0.141. The van der Waals surface area contributed by atoms with Gasteiger partial charge in [0, 0.05) is 0 Å². The molecule has 0 aromatic carbocycles. The molecule has 0 aliphatic carbocycles. The van der Waals surface area contributed by atoms with Gasteiger partial charge in [0.15, 0.2) is 5.11 Å². The van der Waals surface area contributed by atoms with Crippen LogP contribution < -0.4 is 23.8 Å². The van der Waals surface area contributed by atoms with Gasteiger partial charge in [-0.05, 0) is 12.2 Å². The second kappa shape index (κ2) is 18.7. The van der Waals surface area contributed by atoms with Crippen molar-refractivity contribution in [1.82, 2.24) is 12.3 Å². The zero-order valence-electron chi connectivity index (χ0n) is 8.88. The number of hydrogen-bond acceptors (Lipinski definition) is 4. The molecule has 15 N–H and O–H groups in total. The number of phosphoric acid groups is 1. The third-order valence-electron chi connectivity index (χ3n) is 0. The zero-order valence-corrected chi connectivity index (χ0v) is 10.8. The van der Waals surface area contributed by atoms with Crippen LogP contribution in [-0.4, -0.2) is 63.0 Å². The van der Waals surface area contributed by atoms with E-state index in [1.165, 1.54) is 0 Å². The first-order valence-corrected chi connectivity index (χ1v) is 3.54. The molecule has 0 saturated carbocycles. The standard InChI is InChI=1S/CH4N2S.Ca.2H3N.H3O4P.H2O.2H/c2-1(3)4;;;;1-5(2,3)4;;;/h(H4,2,3,4);;2*1H3;(H3,1,2,3,4);1H2;;/q;+2;;;;;2*-1. The number of hydrogen-bond donors (Lipinski definition) is 7. The molecule has 0 aliphatic heterocycles. The molecule has 0 spiro atoms. The molecule has 0 fully saturated rings. The second-order valence-electron chi connectivity index (χ2n) is 0.916. The summed E-state index contributed by atoms with van der Waals surface area (Å²) >= 11 is 4.09. The molecule has 0 atom stereocenters. The molecule has 0 aromatic heterocycles. The molecular weight excluding hydrogens is 251 g/mol. The molecule has 0 aromatic rings. The predicted octanol–water partition coefficient (Wildman–Crippen LogP) is -2.40. The Labute approximate surface area is 114 Å². The molecule has 0 unspecified atom stereocenters. The first-order valence-electron chi connectivity index (χ1n) is 1.56. The fourth-order valence-electron chi connectivity index (χ4n) is 0. The maximum atomic E-state index is 8.88. The van der Waals surface area contributed by atoms with Gasteiger partial charge in [0.2, 0.25) is 0 Å². The van der Waals surface area contributed by atoms with Crippen molar-refractivity contribution in [2.45, 2.75) is 0 Å². The number of nitrogens with two attached hydrogens (primary N) is 2. The van der Waals surface area contributed by atoms with Gasteiger partial charge in [0.1, 0.15) is 0 Å². The van der Waals surface area contributed by atoms with E-state index in [0.29, 0.717) is 0 Å². The van der Waals surface area contributed by atoms with Gasteiger partial charge in [0.05, 0.1) is 0 Å². The van der Waals surface area contributed by atoms with Crippen LogP contribution in [0.1, 0.15) is 2.85 Å². The van der Waals surface area contributed by atoms with Gasteiger partial charge < -0.3 is 46.8 Å². The molecule has 0 aliphatic rings. The Bertz CT molecular complexity index is 137. The number of rotatable bonds is 0. The Kier molecular flexibility index (Phi) is 53.2. The molecule has 0 heterocycles. The minimum atomic E-state index is -4.64. The molecular formula is CH17CaN4O5PS. The third-order valence-corrected chi connectivity index (χ3v) is 0. The molecule has 9 nitrogen and oxygen atoms in total. The third kappa shape index (κ3) is 1750. The molecule has 0 bridgehead atoms. The van der Waals surface area contributed by atoms with Gasteiger partial charge in [-0.25, -0.2) is 4.57 Å². The smallest absolute Gasteiger partial charge is 1.00 e. The summed E-state index contributed by atoms with van der Waals surface area (Å²) in [4.78, 5) is 21.6. The van der Waals surface area contributed by atoms with Crippen molar-refractivity contribution in [2.24, 2.45) is 11.5 Å². The zero-order chi connectivity index (χ0) is 8.08. The van der Waals surface area contributed by atoms with Crippen molar-refractivity contribution in [3.05, 3.63) is 0 Å². The predicted molar refractivity (Wildman–Crippen MR) is 56.9 cm³/mol. The largest absolute Gasteiger partial charge is 2.00 e. The van der Waals surface area contributed by atoms with E-state index >= 15 is 0 Å². The van der Waals surface area contributed by atoms with Gasteiger partial charge in [-0.1, -0.05) is 0 Å². The van der Waals surface area contributed by atoms with E-state index in [0.717, 1.165) is 0 Å². The van der Waals surface area contributed by atoms with Gasteiger partial charge >= 0.3 is 45.6 Å². The molecule has 12 heteroatoms. The molecule has 0 saturated heterocycles. The minimum Gasteiger partial charge on any atom is -1.00 e. The van der Waals surface area contributed by atoms with E-state index in [1.807, 2.05) is 0 Å². The SMILES string of the molecule is N.N.NC(N)=S.O.O=P(O)(O)O.[Ca+2].[H-].[H-]. The summed E-state index contributed by atoms with van der Waals surface area (Å²) in [5.74, 6) is 0. The van der Waals surface area contributed by atoms with Gasteiger partial charge in [-0.15, -0.1) is 0 Å². The van der Waals surface area contributed by atoms with Crippen LogP contribution >= 0.6 is 20.0 Å². The van der Waals surface area contributed by atoms with Crippen LogP contribution in [0.25, 0.3) is 0 Å². The molecule has 0 amide bonds. The van der Waals surface area contributed by atoms with Crippen LogP contribution in [0, 0.1) is 0 Å². The average molecular weight is 268 g/mol. The van der Waals surface area contributed by atoms with Gasteiger partial charge in [0.25, 0.3) is 0 Å². The van der Waals surface area contributed by atoms with Crippen LogP contribution in [0.2, 0.25) is 0 Å². The van der Waals surface area contributed by atoms with Gasteiger partial charge in [-0.3, -0.25) is 0 Å². The van der Waals surface area contributed by atoms with Crippen molar-refractivity contribution in [1.29, 1.82) is 0 Å². The van der Waals surface area contributed by atoms with E-state index < -0.39 is 7.82 Å². The topological polar surface area (TPSA) is 231 Å². The molecule has 0 rings (SSSR count). The van der Waals surface area contributed by atoms with Crippen molar-refractivity contribution in [2.75, 3.05) is 0 Å². The second-order valence-corrected chi connectivity index (χ2v) is 2.41. The van der Waals surface area contributed by atoms with Crippen molar-refractivity contribution in [3.8, 4) is 0 Å². The first kappa shape index (κ1) is 37.0.